The molecular weight excluding hydrogens is 238 g/mol. The Morgan fingerprint density at radius 1 is 1.44 bits per heavy atom. The Morgan fingerprint density at radius 2 is 2.17 bits per heavy atom. The zero-order valence-corrected chi connectivity index (χ0v) is 10.3. The van der Waals surface area contributed by atoms with Gasteiger partial charge in [0.1, 0.15) is 5.69 Å². The maximum Gasteiger partial charge on any atom is 0.307 e. The molecule has 0 atom stereocenters. The molecular formula is C11H15N3O4. The van der Waals surface area contributed by atoms with Crippen molar-refractivity contribution in [2.45, 2.75) is 13.3 Å². The molecule has 0 fully saturated rings. The van der Waals surface area contributed by atoms with Crippen molar-refractivity contribution in [3.05, 3.63) is 28.2 Å². The molecule has 0 bridgehead atoms. The lowest BCUT2D eigenvalue weighted by atomic mass is 10.3. The van der Waals surface area contributed by atoms with Crippen LogP contribution < -0.4 is 5.56 Å². The second kappa shape index (κ2) is 6.53. The van der Waals surface area contributed by atoms with Gasteiger partial charge in [0.05, 0.1) is 13.0 Å². The molecule has 7 nitrogen and oxygen atoms in total. The van der Waals surface area contributed by atoms with Crippen LogP contribution in [0.4, 0.5) is 0 Å². The maximum atomic E-state index is 11.8. The molecule has 1 aromatic rings. The lowest BCUT2D eigenvalue weighted by Gasteiger charge is -2.15. The third-order valence-electron chi connectivity index (χ3n) is 2.20. The molecule has 1 amide bonds. The molecule has 1 N–H and O–H groups in total. The van der Waals surface area contributed by atoms with E-state index in [0.717, 1.165) is 0 Å². The number of nitrogens with one attached hydrogen (secondary N) is 1. The molecule has 1 heterocycles. The van der Waals surface area contributed by atoms with E-state index in [1.807, 2.05) is 0 Å². The van der Waals surface area contributed by atoms with Gasteiger partial charge in [0.15, 0.2) is 0 Å². The van der Waals surface area contributed by atoms with Gasteiger partial charge in [-0.25, -0.2) is 5.10 Å². The summed E-state index contributed by atoms with van der Waals surface area (Å²) in [6, 6.07) is 2.56. The van der Waals surface area contributed by atoms with Crippen LogP contribution in [0, 0.1) is 0 Å². The van der Waals surface area contributed by atoms with Crippen molar-refractivity contribution in [2.75, 3.05) is 20.2 Å². The van der Waals surface area contributed by atoms with Crippen molar-refractivity contribution >= 4 is 11.9 Å². The highest BCUT2D eigenvalue weighted by Crippen LogP contribution is 1.98. The minimum Gasteiger partial charge on any atom is -0.466 e. The van der Waals surface area contributed by atoms with Gasteiger partial charge in [0, 0.05) is 19.7 Å². The number of aromatic nitrogens is 2. The molecule has 0 aromatic carbocycles. The minimum absolute atomic E-state index is 0.124. The Bertz CT molecular complexity index is 463. The van der Waals surface area contributed by atoms with E-state index in [9.17, 15) is 14.4 Å². The number of hydrogen-bond donors (Lipinski definition) is 1. The van der Waals surface area contributed by atoms with E-state index in [2.05, 4.69) is 10.2 Å². The van der Waals surface area contributed by atoms with Gasteiger partial charge in [0.25, 0.3) is 11.5 Å². The number of H-pyrrole nitrogens is 1. The van der Waals surface area contributed by atoms with Crippen LogP contribution in [0.15, 0.2) is 16.9 Å². The van der Waals surface area contributed by atoms with Crippen molar-refractivity contribution < 1.29 is 14.3 Å². The van der Waals surface area contributed by atoms with Crippen LogP contribution in [0.3, 0.4) is 0 Å². The number of amides is 1. The van der Waals surface area contributed by atoms with Crippen molar-refractivity contribution in [1.82, 2.24) is 15.1 Å². The summed E-state index contributed by atoms with van der Waals surface area (Å²) < 4.78 is 4.75. The van der Waals surface area contributed by atoms with Crippen LogP contribution in [-0.4, -0.2) is 47.2 Å². The number of carbonyl (C=O) groups excluding carboxylic acids is 2. The number of carbonyl (C=O) groups is 2. The van der Waals surface area contributed by atoms with Gasteiger partial charge in [-0.15, -0.1) is 0 Å². The SMILES string of the molecule is CCOC(=O)CCN(C)C(=O)c1ccc(=O)[nH]n1. The topological polar surface area (TPSA) is 92.4 Å². The fourth-order valence-corrected chi connectivity index (χ4v) is 1.25. The summed E-state index contributed by atoms with van der Waals surface area (Å²) in [6.07, 6.45) is 0.124. The Kier molecular flexibility index (Phi) is 5.04. The van der Waals surface area contributed by atoms with E-state index in [1.54, 1.807) is 14.0 Å². The Labute approximate surface area is 104 Å². The van der Waals surface area contributed by atoms with Gasteiger partial charge in [-0.2, -0.15) is 5.10 Å². The summed E-state index contributed by atoms with van der Waals surface area (Å²) in [7, 11) is 1.55. The standard InChI is InChI=1S/C11H15N3O4/c1-3-18-10(16)6-7-14(2)11(17)8-4-5-9(15)13-12-8/h4-5H,3,6-7H2,1-2H3,(H,13,15). The second-order valence-corrected chi connectivity index (χ2v) is 3.59. The zero-order valence-electron chi connectivity index (χ0n) is 10.3. The summed E-state index contributed by atoms with van der Waals surface area (Å²) in [4.78, 5) is 35.1. The van der Waals surface area contributed by atoms with Gasteiger partial charge in [-0.05, 0) is 13.0 Å². The van der Waals surface area contributed by atoms with Crippen molar-refractivity contribution in [2.24, 2.45) is 0 Å². The summed E-state index contributed by atoms with van der Waals surface area (Å²) in [5, 5.41) is 5.79. The highest BCUT2D eigenvalue weighted by molar-refractivity contribution is 5.92. The average molecular weight is 253 g/mol. The summed E-state index contributed by atoms with van der Waals surface area (Å²) in [5.74, 6) is -0.720. The molecule has 0 spiro atoms. The molecule has 0 radical (unpaired) electrons. The zero-order chi connectivity index (χ0) is 13.5. The lowest BCUT2D eigenvalue weighted by Crippen LogP contribution is -2.30. The smallest absolute Gasteiger partial charge is 0.307 e. The molecule has 18 heavy (non-hydrogen) atoms. The monoisotopic (exact) mass is 253 g/mol. The van der Waals surface area contributed by atoms with E-state index in [4.69, 9.17) is 4.74 Å². The Balaban J connectivity index is 2.53. The van der Waals surface area contributed by atoms with Crippen LogP contribution in [-0.2, 0) is 9.53 Å². The molecule has 98 valence electrons. The van der Waals surface area contributed by atoms with Gasteiger partial charge in [0.2, 0.25) is 0 Å². The summed E-state index contributed by atoms with van der Waals surface area (Å²) in [6.45, 7) is 2.27. The van der Waals surface area contributed by atoms with E-state index >= 15 is 0 Å². The summed E-state index contributed by atoms with van der Waals surface area (Å²) >= 11 is 0. The fourth-order valence-electron chi connectivity index (χ4n) is 1.25. The third kappa shape index (κ3) is 4.00. The first-order valence-corrected chi connectivity index (χ1v) is 5.51. The number of aromatic amines is 1. The van der Waals surface area contributed by atoms with Gasteiger partial charge >= 0.3 is 5.97 Å². The molecule has 1 rings (SSSR count). The molecule has 0 aliphatic rings. The number of ether oxygens (including phenoxy) is 1. The minimum atomic E-state index is -0.374. The predicted molar refractivity (Wildman–Crippen MR) is 63.1 cm³/mol. The first kappa shape index (κ1) is 13.9. The van der Waals surface area contributed by atoms with Crippen molar-refractivity contribution in [3.8, 4) is 0 Å². The van der Waals surface area contributed by atoms with E-state index in [-0.39, 0.29) is 36.1 Å². The Hall–Kier alpha value is -2.18. The molecule has 0 aliphatic heterocycles. The highest BCUT2D eigenvalue weighted by Gasteiger charge is 2.14. The predicted octanol–water partition coefficient (Wildman–Crippen LogP) is -0.205. The maximum absolute atomic E-state index is 11.8. The van der Waals surface area contributed by atoms with E-state index in [1.165, 1.54) is 17.0 Å². The van der Waals surface area contributed by atoms with Crippen molar-refractivity contribution in [1.29, 1.82) is 0 Å². The summed E-state index contributed by atoms with van der Waals surface area (Å²) in [5.41, 5.74) is -0.248. The molecule has 0 aliphatic carbocycles. The molecule has 1 aromatic heterocycles. The third-order valence-corrected chi connectivity index (χ3v) is 2.20. The van der Waals surface area contributed by atoms with Gasteiger partial charge < -0.3 is 9.64 Å². The normalized spacial score (nSPS) is 9.89. The number of esters is 1. The van der Waals surface area contributed by atoms with Crippen LogP contribution >= 0.6 is 0 Å². The first-order chi connectivity index (χ1) is 8.54. The average Bonchev–Trinajstić information content (AvgIpc) is 2.36. The largest absolute Gasteiger partial charge is 0.466 e. The fraction of sp³-hybridized carbons (Fsp3) is 0.455. The number of rotatable bonds is 5. The molecule has 7 heteroatoms. The van der Waals surface area contributed by atoms with Crippen LogP contribution in [0.1, 0.15) is 23.8 Å². The van der Waals surface area contributed by atoms with Gasteiger partial charge in [-0.1, -0.05) is 0 Å². The first-order valence-electron chi connectivity index (χ1n) is 5.51. The van der Waals surface area contributed by atoms with Crippen LogP contribution in [0.25, 0.3) is 0 Å². The highest BCUT2D eigenvalue weighted by atomic mass is 16.5. The van der Waals surface area contributed by atoms with Crippen molar-refractivity contribution in [3.63, 3.8) is 0 Å². The number of nitrogens with zero attached hydrogens (tertiary/aromatic N) is 2. The molecule has 0 saturated carbocycles. The molecule has 0 saturated heterocycles. The van der Waals surface area contributed by atoms with E-state index in [0.29, 0.717) is 6.61 Å². The second-order valence-electron chi connectivity index (χ2n) is 3.59. The van der Waals surface area contributed by atoms with Crippen LogP contribution in [0.5, 0.6) is 0 Å². The van der Waals surface area contributed by atoms with E-state index < -0.39 is 0 Å². The lowest BCUT2D eigenvalue weighted by molar-refractivity contribution is -0.143. The van der Waals surface area contributed by atoms with Crippen LogP contribution in [0.2, 0.25) is 0 Å². The molecule has 0 unspecified atom stereocenters. The Morgan fingerprint density at radius 3 is 2.72 bits per heavy atom. The quantitative estimate of drug-likeness (QED) is 0.733. The van der Waals surface area contributed by atoms with Gasteiger partial charge in [-0.3, -0.25) is 14.4 Å². The number of hydrogen-bond acceptors (Lipinski definition) is 5.